The van der Waals surface area contributed by atoms with Crippen LogP contribution < -0.4 is 0 Å². The summed E-state index contributed by atoms with van der Waals surface area (Å²) in [6.07, 6.45) is 1.55. The molecule has 0 unspecified atom stereocenters. The lowest BCUT2D eigenvalue weighted by molar-refractivity contribution is 0.586. The molecule has 0 N–H and O–H groups in total. The van der Waals surface area contributed by atoms with Crippen LogP contribution in [0.4, 0.5) is 0 Å². The number of hydrogen-bond acceptors (Lipinski definition) is 2. The number of aromatic nitrogens is 1. The third-order valence-corrected chi connectivity index (χ3v) is 4.00. The average molecular weight is 251 g/mol. The first-order valence-corrected chi connectivity index (χ1v) is 7.01. The average Bonchev–Trinajstić information content (AvgIpc) is 2.80. The Labute approximate surface area is 103 Å². The number of hydrogen-bond donors (Lipinski definition) is 0. The lowest BCUT2D eigenvalue weighted by Crippen LogP contribution is -2.12. The van der Waals surface area contributed by atoms with E-state index in [0.29, 0.717) is 10.6 Å². The molecule has 1 aromatic carbocycles. The zero-order valence-electron chi connectivity index (χ0n) is 10.3. The summed E-state index contributed by atoms with van der Waals surface area (Å²) in [4.78, 5) is 0.310. The van der Waals surface area contributed by atoms with Crippen LogP contribution in [0.1, 0.15) is 19.5 Å². The van der Waals surface area contributed by atoms with Crippen molar-refractivity contribution in [2.45, 2.75) is 25.7 Å². The SMILES string of the molecule is CC.Cc1cccn1S(=O)(=O)c1ccccc1. The van der Waals surface area contributed by atoms with E-state index in [4.69, 9.17) is 0 Å². The van der Waals surface area contributed by atoms with Crippen LogP contribution in [0.5, 0.6) is 0 Å². The molecular weight excluding hydrogens is 234 g/mol. The molecule has 0 saturated carbocycles. The van der Waals surface area contributed by atoms with Gasteiger partial charge < -0.3 is 0 Å². The Morgan fingerprint density at radius 3 is 2.00 bits per heavy atom. The second-order valence-electron chi connectivity index (χ2n) is 3.26. The first-order valence-electron chi connectivity index (χ1n) is 5.57. The lowest BCUT2D eigenvalue weighted by Gasteiger charge is -2.07. The van der Waals surface area contributed by atoms with Gasteiger partial charge in [0.05, 0.1) is 4.90 Å². The van der Waals surface area contributed by atoms with Crippen molar-refractivity contribution in [3.05, 3.63) is 54.4 Å². The molecule has 2 aromatic rings. The Balaban J connectivity index is 0.000000686. The van der Waals surface area contributed by atoms with E-state index >= 15 is 0 Å². The van der Waals surface area contributed by atoms with Gasteiger partial charge in [-0.2, -0.15) is 0 Å². The number of nitrogens with zero attached hydrogens (tertiary/aromatic N) is 1. The van der Waals surface area contributed by atoms with E-state index in [9.17, 15) is 8.42 Å². The fourth-order valence-corrected chi connectivity index (χ4v) is 2.83. The Morgan fingerprint density at radius 2 is 1.53 bits per heavy atom. The van der Waals surface area contributed by atoms with Crippen LogP contribution in [-0.4, -0.2) is 12.4 Å². The first kappa shape index (κ1) is 13.5. The highest BCUT2D eigenvalue weighted by atomic mass is 32.2. The van der Waals surface area contributed by atoms with Crippen LogP contribution >= 0.6 is 0 Å². The van der Waals surface area contributed by atoms with Crippen LogP contribution in [0.15, 0.2) is 53.6 Å². The van der Waals surface area contributed by atoms with Crippen molar-refractivity contribution in [1.82, 2.24) is 3.97 Å². The number of benzene rings is 1. The minimum Gasteiger partial charge on any atom is -0.246 e. The molecule has 0 atom stereocenters. The smallest absolute Gasteiger partial charge is 0.246 e. The second-order valence-corrected chi connectivity index (χ2v) is 5.08. The molecule has 17 heavy (non-hydrogen) atoms. The van der Waals surface area contributed by atoms with Crippen molar-refractivity contribution in [2.75, 3.05) is 0 Å². The molecule has 0 bridgehead atoms. The van der Waals surface area contributed by atoms with E-state index in [1.54, 1.807) is 55.6 Å². The zero-order valence-corrected chi connectivity index (χ0v) is 11.1. The molecule has 1 aromatic heterocycles. The summed E-state index contributed by atoms with van der Waals surface area (Å²) in [5, 5.41) is 0. The van der Waals surface area contributed by atoms with E-state index in [1.807, 2.05) is 13.8 Å². The van der Waals surface area contributed by atoms with Crippen molar-refractivity contribution < 1.29 is 8.42 Å². The fraction of sp³-hybridized carbons (Fsp3) is 0.231. The maximum atomic E-state index is 12.1. The molecule has 0 saturated heterocycles. The molecule has 0 aliphatic carbocycles. The van der Waals surface area contributed by atoms with E-state index in [2.05, 4.69) is 0 Å². The molecular formula is C13H17NO2S. The summed E-state index contributed by atoms with van der Waals surface area (Å²) in [6.45, 7) is 5.76. The van der Waals surface area contributed by atoms with Gasteiger partial charge in [-0.25, -0.2) is 12.4 Å². The fourth-order valence-electron chi connectivity index (χ4n) is 1.43. The molecule has 2 rings (SSSR count). The Morgan fingerprint density at radius 1 is 0.941 bits per heavy atom. The molecule has 0 spiro atoms. The van der Waals surface area contributed by atoms with E-state index < -0.39 is 10.0 Å². The van der Waals surface area contributed by atoms with Crippen LogP contribution in [0.2, 0.25) is 0 Å². The number of aryl methyl sites for hydroxylation is 1. The quantitative estimate of drug-likeness (QED) is 0.823. The van der Waals surface area contributed by atoms with Gasteiger partial charge in [-0.1, -0.05) is 32.0 Å². The van der Waals surface area contributed by atoms with Crippen LogP contribution in [0.3, 0.4) is 0 Å². The summed E-state index contributed by atoms with van der Waals surface area (Å²) in [5.74, 6) is 0. The van der Waals surface area contributed by atoms with E-state index in [1.165, 1.54) is 3.97 Å². The largest absolute Gasteiger partial charge is 0.267 e. The first-order chi connectivity index (χ1) is 8.12. The van der Waals surface area contributed by atoms with Gasteiger partial charge in [0.15, 0.2) is 0 Å². The Hall–Kier alpha value is -1.55. The van der Waals surface area contributed by atoms with Crippen molar-refractivity contribution in [3.63, 3.8) is 0 Å². The van der Waals surface area contributed by atoms with Crippen LogP contribution in [0, 0.1) is 6.92 Å². The molecule has 0 fully saturated rings. The third kappa shape index (κ3) is 2.77. The summed E-state index contributed by atoms with van der Waals surface area (Å²) in [5.41, 5.74) is 0.707. The van der Waals surface area contributed by atoms with E-state index in [0.717, 1.165) is 0 Å². The Kier molecular flexibility index (Phi) is 4.52. The maximum absolute atomic E-state index is 12.1. The van der Waals surface area contributed by atoms with E-state index in [-0.39, 0.29) is 0 Å². The normalized spacial score (nSPS) is 10.5. The topological polar surface area (TPSA) is 39.1 Å². The minimum absolute atomic E-state index is 0.310. The van der Waals surface area contributed by atoms with Gasteiger partial charge in [-0.15, -0.1) is 0 Å². The monoisotopic (exact) mass is 251 g/mol. The molecule has 0 radical (unpaired) electrons. The predicted molar refractivity (Wildman–Crippen MR) is 69.5 cm³/mol. The van der Waals surface area contributed by atoms with Crippen molar-refractivity contribution >= 4 is 10.0 Å². The summed E-state index contributed by atoms with van der Waals surface area (Å²) in [7, 11) is -3.41. The maximum Gasteiger partial charge on any atom is 0.267 e. The molecule has 0 amide bonds. The van der Waals surface area contributed by atoms with Gasteiger partial charge in [0.25, 0.3) is 10.0 Å². The minimum atomic E-state index is -3.41. The standard InChI is InChI=1S/C11H11NO2S.C2H6/c1-10-6-5-9-12(10)15(13,14)11-7-3-2-4-8-11;1-2/h2-9H,1H3;1-2H3. The molecule has 4 heteroatoms. The van der Waals surface area contributed by atoms with Gasteiger partial charge in [0, 0.05) is 11.9 Å². The predicted octanol–water partition coefficient (Wildman–Crippen LogP) is 3.06. The highest BCUT2D eigenvalue weighted by Crippen LogP contribution is 2.15. The molecule has 0 aliphatic heterocycles. The molecule has 92 valence electrons. The van der Waals surface area contributed by atoms with Crippen molar-refractivity contribution in [2.24, 2.45) is 0 Å². The van der Waals surface area contributed by atoms with Gasteiger partial charge in [0.2, 0.25) is 0 Å². The van der Waals surface area contributed by atoms with Crippen molar-refractivity contribution in [3.8, 4) is 0 Å². The highest BCUT2D eigenvalue weighted by Gasteiger charge is 2.16. The number of rotatable bonds is 2. The van der Waals surface area contributed by atoms with Crippen LogP contribution in [0.25, 0.3) is 0 Å². The molecule has 1 heterocycles. The zero-order chi connectivity index (χ0) is 12.9. The lowest BCUT2D eigenvalue weighted by atomic mass is 10.4. The summed E-state index contributed by atoms with van der Waals surface area (Å²) < 4.78 is 25.4. The second kappa shape index (κ2) is 5.68. The van der Waals surface area contributed by atoms with Gasteiger partial charge in [0.1, 0.15) is 0 Å². The summed E-state index contributed by atoms with van der Waals surface area (Å²) >= 11 is 0. The third-order valence-electron chi connectivity index (χ3n) is 2.21. The summed E-state index contributed by atoms with van der Waals surface area (Å²) in [6, 6.07) is 11.9. The molecule has 3 nitrogen and oxygen atoms in total. The molecule has 0 aliphatic rings. The van der Waals surface area contributed by atoms with Crippen LogP contribution in [-0.2, 0) is 10.0 Å². The van der Waals surface area contributed by atoms with Crippen molar-refractivity contribution in [1.29, 1.82) is 0 Å². The highest BCUT2D eigenvalue weighted by molar-refractivity contribution is 7.90. The Bertz CT molecular complexity index is 556. The van der Waals surface area contributed by atoms with Gasteiger partial charge in [-0.3, -0.25) is 0 Å². The van der Waals surface area contributed by atoms with Gasteiger partial charge in [-0.05, 0) is 31.2 Å². The van der Waals surface area contributed by atoms with Gasteiger partial charge >= 0.3 is 0 Å².